The van der Waals surface area contributed by atoms with E-state index >= 15 is 0 Å². The molecule has 0 aromatic heterocycles. The largest absolute Gasteiger partial charge is 0.494 e. The predicted octanol–water partition coefficient (Wildman–Crippen LogP) is 3.48. The highest BCUT2D eigenvalue weighted by molar-refractivity contribution is 7.92. The molecule has 33 heavy (non-hydrogen) atoms. The van der Waals surface area contributed by atoms with Crippen LogP contribution in [0.15, 0.2) is 47.4 Å². The Kier molecular flexibility index (Phi) is 7.86. The molecular weight excluding hydrogens is 466 g/mol. The third-order valence-electron chi connectivity index (χ3n) is 5.26. The van der Waals surface area contributed by atoms with Gasteiger partial charge in [-0.05, 0) is 49.4 Å². The van der Waals surface area contributed by atoms with Crippen molar-refractivity contribution in [2.75, 3.05) is 37.5 Å². The summed E-state index contributed by atoms with van der Waals surface area (Å²) < 4.78 is 33.8. The molecule has 3 rings (SSSR count). The number of amides is 2. The standard InChI is InChI=1S/C23H28ClN3O5S/c1-4-32-19-8-6-18(7-9-19)25-33(30,31)21-15-17(5-10-20(21)24)23(29)27-13-11-26(12-14-27)22(28)16(2)3/h5-10,15-16,25H,4,11-14H2,1-3H3. The molecular formula is C23H28ClN3O5S. The smallest absolute Gasteiger partial charge is 0.263 e. The molecule has 2 aromatic rings. The van der Waals surface area contributed by atoms with Crippen molar-refractivity contribution in [2.45, 2.75) is 25.7 Å². The quantitative estimate of drug-likeness (QED) is 0.637. The molecule has 8 nitrogen and oxygen atoms in total. The number of carbonyl (C=O) groups is 2. The number of hydrogen-bond donors (Lipinski definition) is 1. The van der Waals surface area contributed by atoms with E-state index in [1.165, 1.54) is 18.2 Å². The van der Waals surface area contributed by atoms with Crippen molar-refractivity contribution in [2.24, 2.45) is 5.92 Å². The monoisotopic (exact) mass is 493 g/mol. The zero-order valence-electron chi connectivity index (χ0n) is 18.9. The first-order valence-corrected chi connectivity index (χ1v) is 12.6. The number of benzene rings is 2. The Labute approximate surface area is 199 Å². The summed E-state index contributed by atoms with van der Waals surface area (Å²) in [6, 6.07) is 10.7. The van der Waals surface area contributed by atoms with Crippen molar-refractivity contribution in [3.63, 3.8) is 0 Å². The van der Waals surface area contributed by atoms with Gasteiger partial charge in [-0.15, -0.1) is 0 Å². The topological polar surface area (TPSA) is 96.0 Å². The van der Waals surface area contributed by atoms with Crippen LogP contribution in [0.4, 0.5) is 5.69 Å². The highest BCUT2D eigenvalue weighted by atomic mass is 35.5. The van der Waals surface area contributed by atoms with Gasteiger partial charge in [0.05, 0.1) is 11.6 Å². The molecule has 178 valence electrons. The number of anilines is 1. The summed E-state index contributed by atoms with van der Waals surface area (Å²) in [6.07, 6.45) is 0. The second-order valence-electron chi connectivity index (χ2n) is 7.98. The lowest BCUT2D eigenvalue weighted by Crippen LogP contribution is -2.51. The Bertz CT molecular complexity index is 1110. The third-order valence-corrected chi connectivity index (χ3v) is 7.12. The van der Waals surface area contributed by atoms with E-state index in [-0.39, 0.29) is 33.2 Å². The van der Waals surface area contributed by atoms with Crippen LogP contribution in [-0.2, 0) is 14.8 Å². The average Bonchev–Trinajstić information content (AvgIpc) is 2.79. The second-order valence-corrected chi connectivity index (χ2v) is 10.0. The van der Waals surface area contributed by atoms with E-state index < -0.39 is 10.0 Å². The summed E-state index contributed by atoms with van der Waals surface area (Å²) in [7, 11) is -4.03. The maximum atomic E-state index is 13.0. The fourth-order valence-electron chi connectivity index (χ4n) is 3.52. The van der Waals surface area contributed by atoms with Gasteiger partial charge in [0.2, 0.25) is 5.91 Å². The first-order chi connectivity index (χ1) is 15.6. The van der Waals surface area contributed by atoms with Gasteiger partial charge >= 0.3 is 0 Å². The molecule has 2 aromatic carbocycles. The van der Waals surface area contributed by atoms with Gasteiger partial charge in [-0.3, -0.25) is 14.3 Å². The Morgan fingerprint density at radius 2 is 1.64 bits per heavy atom. The molecule has 0 saturated carbocycles. The van der Waals surface area contributed by atoms with Crippen LogP contribution in [0.3, 0.4) is 0 Å². The van der Waals surface area contributed by atoms with E-state index in [4.69, 9.17) is 16.3 Å². The van der Waals surface area contributed by atoms with Gasteiger partial charge in [0, 0.05) is 43.3 Å². The molecule has 10 heteroatoms. The maximum absolute atomic E-state index is 13.0. The first kappa shape index (κ1) is 24.9. The number of piperazine rings is 1. The number of carbonyl (C=O) groups excluding carboxylic acids is 2. The molecule has 2 amide bonds. The molecule has 0 atom stereocenters. The molecule has 1 saturated heterocycles. The number of hydrogen-bond acceptors (Lipinski definition) is 5. The normalized spacial score (nSPS) is 14.3. The molecule has 1 aliphatic heterocycles. The molecule has 1 N–H and O–H groups in total. The van der Waals surface area contributed by atoms with Crippen molar-refractivity contribution in [1.82, 2.24) is 9.80 Å². The zero-order chi connectivity index (χ0) is 24.2. The molecule has 0 unspecified atom stereocenters. The lowest BCUT2D eigenvalue weighted by molar-refractivity contribution is -0.135. The van der Waals surface area contributed by atoms with E-state index in [9.17, 15) is 18.0 Å². The van der Waals surface area contributed by atoms with Crippen molar-refractivity contribution in [1.29, 1.82) is 0 Å². The fourth-order valence-corrected chi connectivity index (χ4v) is 5.10. The highest BCUT2D eigenvalue weighted by Gasteiger charge is 2.27. The van der Waals surface area contributed by atoms with Crippen LogP contribution >= 0.6 is 11.6 Å². The van der Waals surface area contributed by atoms with Gasteiger partial charge in [-0.2, -0.15) is 0 Å². The van der Waals surface area contributed by atoms with Gasteiger partial charge < -0.3 is 14.5 Å². The summed E-state index contributed by atoms with van der Waals surface area (Å²) >= 11 is 6.18. The fraction of sp³-hybridized carbons (Fsp3) is 0.391. The van der Waals surface area contributed by atoms with Crippen LogP contribution in [0.5, 0.6) is 5.75 Å². The molecule has 1 heterocycles. The van der Waals surface area contributed by atoms with Crippen LogP contribution in [0, 0.1) is 5.92 Å². The molecule has 1 aliphatic rings. The van der Waals surface area contributed by atoms with Crippen LogP contribution in [0.1, 0.15) is 31.1 Å². The summed E-state index contributed by atoms with van der Waals surface area (Å²) in [5, 5.41) is 0.0114. The van der Waals surface area contributed by atoms with E-state index in [1.54, 1.807) is 34.1 Å². The van der Waals surface area contributed by atoms with Crippen molar-refractivity contribution >= 4 is 39.1 Å². The molecule has 0 aliphatic carbocycles. The lowest BCUT2D eigenvalue weighted by atomic mass is 10.1. The SMILES string of the molecule is CCOc1ccc(NS(=O)(=O)c2cc(C(=O)N3CCN(C(=O)C(C)C)CC3)ccc2Cl)cc1. The molecule has 0 radical (unpaired) electrons. The Balaban J connectivity index is 1.74. The lowest BCUT2D eigenvalue weighted by Gasteiger charge is -2.35. The van der Waals surface area contributed by atoms with Gasteiger partial charge in [0.15, 0.2) is 0 Å². The number of halogens is 1. The number of sulfonamides is 1. The number of ether oxygens (including phenoxy) is 1. The van der Waals surface area contributed by atoms with Crippen molar-refractivity contribution in [3.05, 3.63) is 53.1 Å². The van der Waals surface area contributed by atoms with Gasteiger partial charge in [-0.1, -0.05) is 25.4 Å². The second kappa shape index (κ2) is 10.4. The van der Waals surface area contributed by atoms with E-state index in [2.05, 4.69) is 4.72 Å². The average molecular weight is 494 g/mol. The van der Waals surface area contributed by atoms with E-state index in [0.717, 1.165) is 0 Å². The minimum atomic E-state index is -4.03. The van der Waals surface area contributed by atoms with Crippen LogP contribution < -0.4 is 9.46 Å². The molecule has 0 spiro atoms. The van der Waals surface area contributed by atoms with Crippen molar-refractivity contribution in [3.8, 4) is 5.75 Å². The van der Waals surface area contributed by atoms with E-state index in [1.807, 2.05) is 20.8 Å². The number of nitrogens with zero attached hydrogens (tertiary/aromatic N) is 2. The summed E-state index contributed by atoms with van der Waals surface area (Å²) in [5.41, 5.74) is 0.562. The minimum Gasteiger partial charge on any atom is -0.494 e. The Hall–Kier alpha value is -2.78. The number of nitrogens with one attached hydrogen (secondary N) is 1. The van der Waals surface area contributed by atoms with E-state index in [0.29, 0.717) is 44.2 Å². The minimum absolute atomic E-state index is 0.0114. The van der Waals surface area contributed by atoms with Gasteiger partial charge in [0.1, 0.15) is 10.6 Å². The first-order valence-electron chi connectivity index (χ1n) is 10.8. The van der Waals surface area contributed by atoms with Crippen LogP contribution in [-0.4, -0.2) is 62.8 Å². The molecule has 0 bridgehead atoms. The summed E-state index contributed by atoms with van der Waals surface area (Å²) in [5.74, 6) is 0.281. The summed E-state index contributed by atoms with van der Waals surface area (Å²) in [4.78, 5) is 28.3. The highest BCUT2D eigenvalue weighted by Crippen LogP contribution is 2.26. The van der Waals surface area contributed by atoms with Crippen LogP contribution in [0.2, 0.25) is 5.02 Å². The van der Waals surface area contributed by atoms with Gasteiger partial charge in [0.25, 0.3) is 15.9 Å². The zero-order valence-corrected chi connectivity index (χ0v) is 20.4. The Morgan fingerprint density at radius 1 is 1.03 bits per heavy atom. The van der Waals surface area contributed by atoms with Crippen LogP contribution in [0.25, 0.3) is 0 Å². The van der Waals surface area contributed by atoms with Gasteiger partial charge in [-0.25, -0.2) is 8.42 Å². The predicted molar refractivity (Wildman–Crippen MR) is 127 cm³/mol. The maximum Gasteiger partial charge on any atom is 0.263 e. The number of rotatable bonds is 7. The third kappa shape index (κ3) is 5.97. The summed E-state index contributed by atoms with van der Waals surface area (Å²) in [6.45, 7) is 7.71. The van der Waals surface area contributed by atoms with Crippen molar-refractivity contribution < 1.29 is 22.7 Å². The molecule has 1 fully saturated rings. The Morgan fingerprint density at radius 3 is 2.21 bits per heavy atom.